The van der Waals surface area contributed by atoms with Crippen LogP contribution in [0.4, 0.5) is 5.69 Å². The van der Waals surface area contributed by atoms with Crippen LogP contribution in [0.15, 0.2) is 30.6 Å². The number of hydrogen-bond acceptors (Lipinski definition) is 5. The summed E-state index contributed by atoms with van der Waals surface area (Å²) in [6, 6.07) is 6.60. The van der Waals surface area contributed by atoms with Crippen molar-refractivity contribution in [3.8, 4) is 0 Å². The molecule has 1 heterocycles. The molecule has 2 rings (SSSR count). The van der Waals surface area contributed by atoms with Crippen molar-refractivity contribution in [3.05, 3.63) is 52.1 Å². The summed E-state index contributed by atoms with van der Waals surface area (Å²) in [5.41, 5.74) is 1.08. The average Bonchev–Trinajstić information content (AvgIpc) is 2.92. The van der Waals surface area contributed by atoms with Crippen LogP contribution in [0.5, 0.6) is 0 Å². The fraction of sp³-hybridized carbons (Fsp3) is 0.333. The molecule has 0 aliphatic carbocycles. The molecule has 0 amide bonds. The van der Waals surface area contributed by atoms with E-state index >= 15 is 0 Å². The largest absolute Gasteiger partial charge is 0.301 e. The predicted molar refractivity (Wildman–Crippen MR) is 69.4 cm³/mol. The number of rotatable bonds is 5. The zero-order valence-corrected chi connectivity index (χ0v) is 10.7. The van der Waals surface area contributed by atoms with Gasteiger partial charge < -0.3 is 5.32 Å². The lowest BCUT2D eigenvalue weighted by molar-refractivity contribution is -0.384. The second-order valence-electron chi connectivity index (χ2n) is 4.33. The highest BCUT2D eigenvalue weighted by atomic mass is 16.6. The van der Waals surface area contributed by atoms with Crippen molar-refractivity contribution in [3.63, 3.8) is 0 Å². The Hall–Kier alpha value is -2.28. The zero-order valence-electron chi connectivity index (χ0n) is 10.7. The second kappa shape index (κ2) is 5.57. The minimum atomic E-state index is -0.404. The topological polar surface area (TPSA) is 96.7 Å². The van der Waals surface area contributed by atoms with Gasteiger partial charge in [0.05, 0.1) is 11.0 Å². The molecule has 100 valence electrons. The Morgan fingerprint density at radius 1 is 1.26 bits per heavy atom. The Labute approximate surface area is 110 Å². The van der Waals surface area contributed by atoms with Crippen LogP contribution in [-0.4, -0.2) is 20.1 Å². The third-order valence-electron chi connectivity index (χ3n) is 2.95. The number of hydrogen-bond donors (Lipinski definition) is 2. The van der Waals surface area contributed by atoms with E-state index in [2.05, 4.69) is 20.5 Å². The lowest BCUT2D eigenvalue weighted by Gasteiger charge is -2.18. The normalized spacial score (nSPS) is 14.0. The summed E-state index contributed by atoms with van der Waals surface area (Å²) in [4.78, 5) is 14.3. The quantitative estimate of drug-likeness (QED) is 0.634. The van der Waals surface area contributed by atoms with E-state index in [0.29, 0.717) is 0 Å². The Bertz CT molecular complexity index is 538. The van der Waals surface area contributed by atoms with E-state index in [4.69, 9.17) is 0 Å². The van der Waals surface area contributed by atoms with Crippen molar-refractivity contribution in [1.29, 1.82) is 0 Å². The predicted octanol–water partition coefficient (Wildman–Crippen LogP) is 2.12. The van der Waals surface area contributed by atoms with Crippen molar-refractivity contribution in [2.45, 2.75) is 25.9 Å². The van der Waals surface area contributed by atoms with Gasteiger partial charge in [0.1, 0.15) is 12.2 Å². The van der Waals surface area contributed by atoms with Gasteiger partial charge in [0.2, 0.25) is 0 Å². The smallest absolute Gasteiger partial charge is 0.269 e. The molecular formula is C12H15N5O2. The minimum Gasteiger partial charge on any atom is -0.301 e. The molecule has 2 unspecified atom stereocenters. The second-order valence-corrected chi connectivity index (χ2v) is 4.33. The van der Waals surface area contributed by atoms with Gasteiger partial charge in [0, 0.05) is 18.2 Å². The molecule has 0 radical (unpaired) electrons. The Balaban J connectivity index is 2.03. The van der Waals surface area contributed by atoms with Gasteiger partial charge in [0.15, 0.2) is 0 Å². The van der Waals surface area contributed by atoms with Gasteiger partial charge in [-0.1, -0.05) is 12.1 Å². The van der Waals surface area contributed by atoms with Gasteiger partial charge in [-0.05, 0) is 19.4 Å². The van der Waals surface area contributed by atoms with E-state index in [1.54, 1.807) is 12.1 Å². The van der Waals surface area contributed by atoms with Crippen LogP contribution in [0.3, 0.4) is 0 Å². The van der Waals surface area contributed by atoms with E-state index in [0.717, 1.165) is 11.4 Å². The first kappa shape index (κ1) is 13.2. The van der Waals surface area contributed by atoms with E-state index in [9.17, 15) is 10.1 Å². The summed E-state index contributed by atoms with van der Waals surface area (Å²) >= 11 is 0. The molecule has 1 aromatic carbocycles. The van der Waals surface area contributed by atoms with Gasteiger partial charge in [-0.15, -0.1) is 0 Å². The minimum absolute atomic E-state index is 0.0210. The van der Waals surface area contributed by atoms with Crippen LogP contribution in [0.25, 0.3) is 0 Å². The molecule has 7 nitrogen and oxygen atoms in total. The maximum absolute atomic E-state index is 10.6. The van der Waals surface area contributed by atoms with Crippen LogP contribution in [0.2, 0.25) is 0 Å². The van der Waals surface area contributed by atoms with E-state index in [1.807, 2.05) is 13.8 Å². The molecular weight excluding hydrogens is 246 g/mol. The zero-order chi connectivity index (χ0) is 13.8. The first-order valence-electron chi connectivity index (χ1n) is 5.93. The number of H-pyrrole nitrogens is 1. The summed E-state index contributed by atoms with van der Waals surface area (Å²) < 4.78 is 0. The van der Waals surface area contributed by atoms with Gasteiger partial charge >= 0.3 is 0 Å². The van der Waals surface area contributed by atoms with E-state index in [1.165, 1.54) is 18.5 Å². The van der Waals surface area contributed by atoms with E-state index < -0.39 is 4.92 Å². The summed E-state index contributed by atoms with van der Waals surface area (Å²) in [5, 5.41) is 20.5. The molecule has 7 heteroatoms. The number of non-ortho nitro benzene ring substituents is 1. The number of nitrogens with zero attached hydrogens (tertiary/aromatic N) is 3. The Morgan fingerprint density at radius 3 is 2.47 bits per heavy atom. The molecule has 0 bridgehead atoms. The molecule has 0 aliphatic rings. The molecule has 0 saturated carbocycles. The summed E-state index contributed by atoms with van der Waals surface area (Å²) in [6.07, 6.45) is 1.46. The number of benzene rings is 1. The molecule has 2 aromatic rings. The van der Waals surface area contributed by atoms with Crippen LogP contribution < -0.4 is 5.32 Å². The first-order valence-corrected chi connectivity index (χ1v) is 5.93. The Morgan fingerprint density at radius 2 is 1.95 bits per heavy atom. The molecule has 0 aliphatic heterocycles. The lowest BCUT2D eigenvalue weighted by Crippen LogP contribution is -2.23. The van der Waals surface area contributed by atoms with Crippen molar-refractivity contribution in [2.75, 3.05) is 0 Å². The fourth-order valence-electron chi connectivity index (χ4n) is 1.86. The molecule has 0 saturated heterocycles. The maximum Gasteiger partial charge on any atom is 0.269 e. The number of nitro benzene ring substituents is 1. The van der Waals surface area contributed by atoms with Crippen LogP contribution >= 0.6 is 0 Å². The van der Waals surface area contributed by atoms with Crippen molar-refractivity contribution < 1.29 is 4.92 Å². The summed E-state index contributed by atoms with van der Waals surface area (Å²) in [7, 11) is 0. The molecule has 1 aromatic heterocycles. The SMILES string of the molecule is CC(NC(C)c1ncn[nH]1)c1ccc([N+](=O)[O-])cc1. The standard InChI is InChI=1S/C12H15N5O2/c1-8(15-9(2)12-13-7-14-16-12)10-3-5-11(6-4-10)17(18)19/h3-9,15H,1-2H3,(H,13,14,16). The highest BCUT2D eigenvalue weighted by molar-refractivity contribution is 5.34. The van der Waals surface area contributed by atoms with Crippen molar-refractivity contribution in [2.24, 2.45) is 0 Å². The number of aromatic amines is 1. The molecule has 0 spiro atoms. The summed E-state index contributed by atoms with van der Waals surface area (Å²) in [5.74, 6) is 0.758. The highest BCUT2D eigenvalue weighted by Crippen LogP contribution is 2.20. The average molecular weight is 261 g/mol. The van der Waals surface area contributed by atoms with E-state index in [-0.39, 0.29) is 17.8 Å². The van der Waals surface area contributed by atoms with Crippen LogP contribution in [-0.2, 0) is 0 Å². The molecule has 2 N–H and O–H groups in total. The number of aromatic nitrogens is 3. The molecule has 19 heavy (non-hydrogen) atoms. The third-order valence-corrected chi connectivity index (χ3v) is 2.95. The highest BCUT2D eigenvalue weighted by Gasteiger charge is 2.14. The van der Waals surface area contributed by atoms with Crippen molar-refractivity contribution in [1.82, 2.24) is 20.5 Å². The summed E-state index contributed by atoms with van der Waals surface area (Å²) in [6.45, 7) is 3.97. The number of nitro groups is 1. The number of nitrogens with one attached hydrogen (secondary N) is 2. The molecule has 2 atom stereocenters. The third kappa shape index (κ3) is 3.14. The van der Waals surface area contributed by atoms with Crippen LogP contribution in [0, 0.1) is 10.1 Å². The Kier molecular flexibility index (Phi) is 3.86. The monoisotopic (exact) mass is 261 g/mol. The van der Waals surface area contributed by atoms with Crippen molar-refractivity contribution >= 4 is 5.69 Å². The van der Waals surface area contributed by atoms with Gasteiger partial charge in [-0.2, -0.15) is 5.10 Å². The molecule has 0 fully saturated rings. The lowest BCUT2D eigenvalue weighted by atomic mass is 10.1. The first-order chi connectivity index (χ1) is 9.08. The maximum atomic E-state index is 10.6. The van der Waals surface area contributed by atoms with Gasteiger partial charge in [0.25, 0.3) is 5.69 Å². The van der Waals surface area contributed by atoms with Crippen LogP contribution in [0.1, 0.15) is 37.3 Å². The van der Waals surface area contributed by atoms with Gasteiger partial charge in [-0.25, -0.2) is 4.98 Å². The van der Waals surface area contributed by atoms with Gasteiger partial charge in [-0.3, -0.25) is 15.2 Å². The fourth-order valence-corrected chi connectivity index (χ4v) is 1.86.